The van der Waals surface area contributed by atoms with Crippen molar-refractivity contribution in [2.24, 2.45) is 0 Å². The van der Waals surface area contributed by atoms with Crippen LogP contribution in [0.2, 0.25) is 0 Å². The first kappa shape index (κ1) is 19.5. The summed E-state index contributed by atoms with van der Waals surface area (Å²) in [6.07, 6.45) is 0.930. The Kier molecular flexibility index (Phi) is 5.33. The van der Waals surface area contributed by atoms with Crippen LogP contribution in [0.5, 0.6) is 5.75 Å². The van der Waals surface area contributed by atoms with Gasteiger partial charge in [0, 0.05) is 17.1 Å². The van der Waals surface area contributed by atoms with Gasteiger partial charge in [0.15, 0.2) is 11.1 Å². The molecule has 0 aliphatic heterocycles. The lowest BCUT2D eigenvalue weighted by Gasteiger charge is -2.16. The summed E-state index contributed by atoms with van der Waals surface area (Å²) in [6, 6.07) is 9.85. The Balaban J connectivity index is 1.61. The highest BCUT2D eigenvalue weighted by atomic mass is 79.9. The topological polar surface area (TPSA) is 55.6 Å². The van der Waals surface area contributed by atoms with E-state index in [1.807, 2.05) is 5.38 Å². The van der Waals surface area contributed by atoms with Crippen LogP contribution < -0.4 is 10.1 Å². The molecule has 2 heterocycles. The summed E-state index contributed by atoms with van der Waals surface area (Å²) < 4.78 is 34.4. The number of benzene rings is 2. The van der Waals surface area contributed by atoms with E-state index in [1.165, 1.54) is 41.7 Å². The monoisotopic (exact) mass is 477 g/mol. The number of rotatable bonds is 5. The van der Waals surface area contributed by atoms with Crippen molar-refractivity contribution < 1.29 is 18.3 Å². The summed E-state index contributed by atoms with van der Waals surface area (Å²) in [6.45, 7) is 1.59. The van der Waals surface area contributed by atoms with Gasteiger partial charge < -0.3 is 10.1 Å². The van der Waals surface area contributed by atoms with Crippen molar-refractivity contribution in [3.05, 3.63) is 70.1 Å². The van der Waals surface area contributed by atoms with E-state index in [0.717, 1.165) is 0 Å². The zero-order valence-electron chi connectivity index (χ0n) is 15.0. The highest BCUT2D eigenvalue weighted by Gasteiger charge is 2.22. The molecule has 1 N–H and O–H groups in total. The molecule has 1 unspecified atom stereocenters. The van der Waals surface area contributed by atoms with Gasteiger partial charge in [-0.3, -0.25) is 9.20 Å². The second-order valence-corrected chi connectivity index (χ2v) is 7.92. The molecular formula is C20H14BrF2N3O2S. The zero-order valence-corrected chi connectivity index (χ0v) is 17.4. The number of imidazole rings is 1. The van der Waals surface area contributed by atoms with Gasteiger partial charge in [0.2, 0.25) is 0 Å². The Labute approximate surface area is 177 Å². The number of amides is 1. The smallest absolute Gasteiger partial charge is 0.266 e. The number of carbonyl (C=O) groups is 1. The number of nitrogens with one attached hydrogen (secondary N) is 1. The van der Waals surface area contributed by atoms with Gasteiger partial charge in [-0.05, 0) is 65.3 Å². The molecule has 4 aromatic rings. The molecule has 5 nitrogen and oxygen atoms in total. The Morgan fingerprint density at radius 2 is 1.93 bits per heavy atom. The van der Waals surface area contributed by atoms with Crippen LogP contribution in [0.15, 0.2) is 58.5 Å². The molecule has 2 aromatic heterocycles. The van der Waals surface area contributed by atoms with Crippen molar-refractivity contribution in [3.8, 4) is 17.0 Å². The molecule has 0 bridgehead atoms. The predicted octanol–water partition coefficient (Wildman–Crippen LogP) is 5.51. The lowest BCUT2D eigenvalue weighted by Crippen LogP contribution is -2.30. The molecule has 0 saturated carbocycles. The van der Waals surface area contributed by atoms with E-state index in [1.54, 1.807) is 29.7 Å². The van der Waals surface area contributed by atoms with Crippen LogP contribution in [-0.4, -0.2) is 21.4 Å². The van der Waals surface area contributed by atoms with E-state index in [-0.39, 0.29) is 5.82 Å². The largest absolute Gasteiger partial charge is 0.480 e. The van der Waals surface area contributed by atoms with Gasteiger partial charge in [0.05, 0.1) is 4.47 Å². The minimum absolute atomic E-state index is 0.349. The van der Waals surface area contributed by atoms with E-state index in [2.05, 4.69) is 26.2 Å². The summed E-state index contributed by atoms with van der Waals surface area (Å²) in [5.41, 5.74) is 1.20. The summed E-state index contributed by atoms with van der Waals surface area (Å²) >= 11 is 4.64. The molecular weight excluding hydrogens is 464 g/mol. The summed E-state index contributed by atoms with van der Waals surface area (Å²) in [7, 11) is 0. The number of aromatic nitrogens is 2. The van der Waals surface area contributed by atoms with Crippen molar-refractivity contribution in [2.75, 3.05) is 5.32 Å². The van der Waals surface area contributed by atoms with Crippen LogP contribution in [0.3, 0.4) is 0 Å². The molecule has 29 heavy (non-hydrogen) atoms. The first-order chi connectivity index (χ1) is 13.9. The minimum atomic E-state index is -0.859. The molecule has 9 heteroatoms. The fourth-order valence-corrected chi connectivity index (χ4v) is 3.91. The van der Waals surface area contributed by atoms with Crippen LogP contribution in [0, 0.1) is 11.6 Å². The van der Waals surface area contributed by atoms with E-state index < -0.39 is 17.8 Å². The molecule has 0 saturated heterocycles. The normalized spacial score (nSPS) is 12.1. The van der Waals surface area contributed by atoms with E-state index in [4.69, 9.17) is 4.74 Å². The minimum Gasteiger partial charge on any atom is -0.480 e. The molecule has 2 aromatic carbocycles. The van der Waals surface area contributed by atoms with Crippen molar-refractivity contribution >= 4 is 44.0 Å². The Hall–Kier alpha value is -2.78. The Morgan fingerprint density at radius 1 is 1.21 bits per heavy atom. The van der Waals surface area contributed by atoms with E-state index >= 15 is 0 Å². The van der Waals surface area contributed by atoms with E-state index in [9.17, 15) is 13.6 Å². The third-order valence-corrected chi connectivity index (χ3v) is 5.56. The first-order valence-electron chi connectivity index (χ1n) is 8.56. The Bertz CT molecular complexity index is 1190. The Morgan fingerprint density at radius 3 is 2.66 bits per heavy atom. The standard InChI is InChI=1S/C20H14BrF2N3O2S/c1-11(28-16-7-6-14(23)10-15(16)21)19(27)25-18-17(12-2-4-13(22)5-3-12)24-20-26(18)8-9-29-20/h2-11H,1H3,(H,25,27). The van der Waals surface area contributed by atoms with E-state index in [0.29, 0.717) is 32.3 Å². The van der Waals surface area contributed by atoms with Crippen LogP contribution in [-0.2, 0) is 4.79 Å². The number of hydrogen-bond acceptors (Lipinski definition) is 4. The quantitative estimate of drug-likeness (QED) is 0.412. The van der Waals surface area contributed by atoms with Gasteiger partial charge in [0.25, 0.3) is 5.91 Å². The average molecular weight is 478 g/mol. The third-order valence-electron chi connectivity index (χ3n) is 4.19. The average Bonchev–Trinajstić information content (AvgIpc) is 3.27. The van der Waals surface area contributed by atoms with Gasteiger partial charge >= 0.3 is 0 Å². The van der Waals surface area contributed by atoms with Crippen molar-refractivity contribution in [1.29, 1.82) is 0 Å². The van der Waals surface area contributed by atoms with Crippen LogP contribution in [0.1, 0.15) is 6.92 Å². The number of fused-ring (bicyclic) bond motifs is 1. The van der Waals surface area contributed by atoms with Gasteiger partial charge in [-0.15, -0.1) is 11.3 Å². The maximum atomic E-state index is 13.3. The van der Waals surface area contributed by atoms with Crippen LogP contribution >= 0.6 is 27.3 Å². The molecule has 0 spiro atoms. The maximum Gasteiger partial charge on any atom is 0.266 e. The highest BCUT2D eigenvalue weighted by molar-refractivity contribution is 9.10. The lowest BCUT2D eigenvalue weighted by atomic mass is 10.1. The maximum absolute atomic E-state index is 13.3. The zero-order chi connectivity index (χ0) is 20.5. The first-order valence-corrected chi connectivity index (χ1v) is 10.2. The predicted molar refractivity (Wildman–Crippen MR) is 111 cm³/mol. The van der Waals surface area contributed by atoms with Crippen molar-refractivity contribution in [3.63, 3.8) is 0 Å². The van der Waals surface area contributed by atoms with Crippen molar-refractivity contribution in [2.45, 2.75) is 13.0 Å². The molecule has 1 atom stereocenters. The summed E-state index contributed by atoms with van der Waals surface area (Å²) in [4.78, 5) is 18.0. The SMILES string of the molecule is CC(Oc1ccc(F)cc1Br)C(=O)Nc1c(-c2ccc(F)cc2)nc2sccn12. The summed E-state index contributed by atoms with van der Waals surface area (Å²) in [5.74, 6) is -0.359. The number of halogens is 3. The third kappa shape index (κ3) is 4.01. The molecule has 0 radical (unpaired) electrons. The molecule has 1 amide bonds. The fraction of sp³-hybridized carbons (Fsp3) is 0.100. The van der Waals surface area contributed by atoms with Gasteiger partial charge in [-0.25, -0.2) is 13.8 Å². The van der Waals surface area contributed by atoms with Crippen molar-refractivity contribution in [1.82, 2.24) is 9.38 Å². The number of ether oxygens (including phenoxy) is 1. The molecule has 4 rings (SSSR count). The van der Waals surface area contributed by atoms with Gasteiger partial charge in [-0.2, -0.15) is 0 Å². The highest BCUT2D eigenvalue weighted by Crippen LogP contribution is 2.31. The van der Waals surface area contributed by atoms with Gasteiger partial charge in [0.1, 0.15) is 28.9 Å². The van der Waals surface area contributed by atoms with Gasteiger partial charge in [-0.1, -0.05) is 0 Å². The number of hydrogen-bond donors (Lipinski definition) is 1. The number of thiazole rings is 1. The summed E-state index contributed by atoms with van der Waals surface area (Å²) in [5, 5.41) is 4.69. The number of nitrogens with zero attached hydrogens (tertiary/aromatic N) is 2. The molecule has 0 aliphatic carbocycles. The molecule has 0 aliphatic rings. The number of carbonyl (C=O) groups excluding carboxylic acids is 1. The lowest BCUT2D eigenvalue weighted by molar-refractivity contribution is -0.122. The molecule has 0 fully saturated rings. The van der Waals surface area contributed by atoms with Crippen LogP contribution in [0.4, 0.5) is 14.6 Å². The second-order valence-electron chi connectivity index (χ2n) is 6.20. The molecule has 148 valence electrons. The van der Waals surface area contributed by atoms with Crippen LogP contribution in [0.25, 0.3) is 16.2 Å². The second kappa shape index (κ2) is 7.92. The fourth-order valence-electron chi connectivity index (χ4n) is 2.75. The number of anilines is 1.